The summed E-state index contributed by atoms with van der Waals surface area (Å²) in [4.78, 5) is 41.3. The topological polar surface area (TPSA) is 69.7 Å². The van der Waals surface area contributed by atoms with Gasteiger partial charge < -0.3 is 5.32 Å². The van der Waals surface area contributed by atoms with E-state index in [0.717, 1.165) is 31.0 Å². The van der Waals surface area contributed by atoms with Gasteiger partial charge in [-0.15, -0.1) is 0 Å². The summed E-state index contributed by atoms with van der Waals surface area (Å²) in [5.74, 6) is -1.73. The molecule has 1 aromatic carbocycles. The predicted octanol–water partition coefficient (Wildman–Crippen LogP) is 3.32. The fourth-order valence-corrected chi connectivity index (χ4v) is 4.84. The number of ketones is 1. The van der Waals surface area contributed by atoms with Crippen molar-refractivity contribution >= 4 is 17.7 Å². The van der Waals surface area contributed by atoms with Crippen molar-refractivity contribution in [3.8, 4) is 0 Å². The molecule has 1 aliphatic carbocycles. The molecule has 0 unspecified atom stereocenters. The minimum Gasteiger partial charge on any atom is -0.323 e. The van der Waals surface area contributed by atoms with Crippen LogP contribution in [0.2, 0.25) is 0 Å². The largest absolute Gasteiger partial charge is 0.326 e. The second-order valence-electron chi connectivity index (χ2n) is 8.95. The van der Waals surface area contributed by atoms with Crippen LogP contribution in [0, 0.1) is 23.5 Å². The molecule has 0 atom stereocenters. The molecular weight excluding hydrogens is 392 g/mol. The molecule has 2 saturated heterocycles. The van der Waals surface area contributed by atoms with E-state index in [9.17, 15) is 23.2 Å². The van der Waals surface area contributed by atoms with Crippen molar-refractivity contribution in [1.29, 1.82) is 0 Å². The Kier molecular flexibility index (Phi) is 5.61. The average Bonchev–Trinajstić information content (AvgIpc) is 2.96. The van der Waals surface area contributed by atoms with Crippen LogP contribution in [-0.4, -0.2) is 52.8 Å². The number of carbonyl (C=O) groups is 3. The zero-order valence-corrected chi connectivity index (χ0v) is 17.1. The first-order valence-corrected chi connectivity index (χ1v) is 10.6. The average molecular weight is 419 g/mol. The summed E-state index contributed by atoms with van der Waals surface area (Å²) in [6, 6.07) is 2.56. The van der Waals surface area contributed by atoms with Gasteiger partial charge in [-0.3, -0.25) is 14.5 Å². The molecule has 0 radical (unpaired) electrons. The van der Waals surface area contributed by atoms with Crippen molar-refractivity contribution in [1.82, 2.24) is 15.1 Å². The van der Waals surface area contributed by atoms with E-state index in [1.807, 2.05) is 4.90 Å². The highest BCUT2D eigenvalue weighted by Gasteiger charge is 2.52. The highest BCUT2D eigenvalue weighted by Crippen LogP contribution is 2.36. The number of halogens is 2. The van der Waals surface area contributed by atoms with Crippen LogP contribution < -0.4 is 5.32 Å². The normalized spacial score (nSPS) is 28.2. The molecule has 3 aliphatic rings. The third-order valence-corrected chi connectivity index (χ3v) is 6.87. The first kappa shape index (κ1) is 20.9. The summed E-state index contributed by atoms with van der Waals surface area (Å²) >= 11 is 0. The van der Waals surface area contributed by atoms with Gasteiger partial charge in [-0.25, -0.2) is 18.5 Å². The summed E-state index contributed by atoms with van der Waals surface area (Å²) in [5, 5.41) is 2.92. The number of Topliss-reactive ketones (excluding diaryl/α,β-unsaturated/α-hetero) is 1. The number of benzene rings is 1. The van der Waals surface area contributed by atoms with E-state index in [4.69, 9.17) is 0 Å². The first-order valence-electron chi connectivity index (χ1n) is 10.6. The van der Waals surface area contributed by atoms with Gasteiger partial charge in [0.1, 0.15) is 17.2 Å². The Balaban J connectivity index is 1.35. The SMILES string of the molecule is CC1CCC2(CC1)NC(=O)N(CN1CCC(C(=O)c3cc(F)ccc3F)CC1)C2=O. The van der Waals surface area contributed by atoms with Crippen molar-refractivity contribution in [2.24, 2.45) is 11.8 Å². The Morgan fingerprint density at radius 3 is 2.47 bits per heavy atom. The minimum atomic E-state index is -0.757. The first-order chi connectivity index (χ1) is 14.3. The van der Waals surface area contributed by atoms with Crippen LogP contribution in [0.25, 0.3) is 0 Å². The minimum absolute atomic E-state index is 0.153. The summed E-state index contributed by atoms with van der Waals surface area (Å²) in [7, 11) is 0. The quantitative estimate of drug-likeness (QED) is 0.601. The lowest BCUT2D eigenvalue weighted by molar-refractivity contribution is -0.134. The van der Waals surface area contributed by atoms with Gasteiger partial charge in [0.2, 0.25) is 0 Å². The van der Waals surface area contributed by atoms with E-state index >= 15 is 0 Å². The maximum Gasteiger partial charge on any atom is 0.326 e. The Hall–Kier alpha value is -2.35. The molecule has 1 spiro atoms. The number of nitrogens with zero attached hydrogens (tertiary/aromatic N) is 2. The maximum absolute atomic E-state index is 13.9. The third-order valence-electron chi connectivity index (χ3n) is 6.87. The smallest absolute Gasteiger partial charge is 0.323 e. The number of carbonyl (C=O) groups excluding carboxylic acids is 3. The molecule has 3 fully saturated rings. The van der Waals surface area contributed by atoms with Crippen molar-refractivity contribution in [3.05, 3.63) is 35.4 Å². The number of nitrogens with one attached hydrogen (secondary N) is 1. The lowest BCUT2D eigenvalue weighted by atomic mass is 9.77. The Bertz CT molecular complexity index is 859. The molecule has 1 N–H and O–H groups in total. The van der Waals surface area contributed by atoms with Crippen LogP contribution >= 0.6 is 0 Å². The molecule has 1 aromatic rings. The van der Waals surface area contributed by atoms with Gasteiger partial charge in [-0.1, -0.05) is 6.92 Å². The van der Waals surface area contributed by atoms with E-state index in [0.29, 0.717) is 44.7 Å². The monoisotopic (exact) mass is 419 g/mol. The molecule has 162 valence electrons. The van der Waals surface area contributed by atoms with Gasteiger partial charge >= 0.3 is 6.03 Å². The zero-order chi connectivity index (χ0) is 21.5. The molecule has 0 aromatic heterocycles. The van der Waals surface area contributed by atoms with Crippen molar-refractivity contribution < 1.29 is 23.2 Å². The second-order valence-corrected chi connectivity index (χ2v) is 8.95. The number of imide groups is 1. The molecular formula is C22H27F2N3O3. The van der Waals surface area contributed by atoms with E-state index in [1.165, 1.54) is 4.90 Å². The lowest BCUT2D eigenvalue weighted by Crippen LogP contribution is -2.50. The van der Waals surface area contributed by atoms with Crippen LogP contribution in [0.3, 0.4) is 0 Å². The number of likely N-dealkylation sites (tertiary alicyclic amines) is 1. The van der Waals surface area contributed by atoms with Crippen LogP contribution in [0.1, 0.15) is 55.8 Å². The van der Waals surface area contributed by atoms with Crippen LogP contribution in [-0.2, 0) is 4.79 Å². The fourth-order valence-electron chi connectivity index (χ4n) is 4.84. The third kappa shape index (κ3) is 3.85. The molecule has 1 saturated carbocycles. The molecule has 6 nitrogen and oxygen atoms in total. The number of piperidine rings is 1. The Morgan fingerprint density at radius 2 is 1.80 bits per heavy atom. The van der Waals surface area contributed by atoms with Crippen LogP contribution in [0.5, 0.6) is 0 Å². The van der Waals surface area contributed by atoms with Crippen molar-refractivity contribution in [2.45, 2.75) is 51.0 Å². The summed E-state index contributed by atoms with van der Waals surface area (Å²) in [6.45, 7) is 3.37. The molecule has 8 heteroatoms. The van der Waals surface area contributed by atoms with E-state index in [-0.39, 0.29) is 24.2 Å². The fraction of sp³-hybridized carbons (Fsp3) is 0.591. The summed E-state index contributed by atoms with van der Waals surface area (Å²) < 4.78 is 27.3. The summed E-state index contributed by atoms with van der Waals surface area (Å²) in [5.41, 5.74) is -0.969. The van der Waals surface area contributed by atoms with E-state index < -0.39 is 28.9 Å². The Morgan fingerprint density at radius 1 is 1.13 bits per heavy atom. The van der Waals surface area contributed by atoms with Crippen molar-refractivity contribution in [3.63, 3.8) is 0 Å². The van der Waals surface area contributed by atoms with Crippen molar-refractivity contribution in [2.75, 3.05) is 19.8 Å². The predicted molar refractivity (Wildman–Crippen MR) is 106 cm³/mol. The second kappa shape index (κ2) is 8.06. The Labute approximate surface area is 174 Å². The van der Waals surface area contributed by atoms with Gasteiger partial charge in [0.25, 0.3) is 5.91 Å². The molecule has 30 heavy (non-hydrogen) atoms. The molecule has 4 rings (SSSR count). The van der Waals surface area contributed by atoms with E-state index in [1.54, 1.807) is 0 Å². The number of rotatable bonds is 4. The number of amides is 3. The number of hydrogen-bond donors (Lipinski definition) is 1. The van der Waals surface area contributed by atoms with Gasteiger partial charge in [0.05, 0.1) is 12.2 Å². The highest BCUT2D eigenvalue weighted by atomic mass is 19.1. The molecule has 0 bridgehead atoms. The van der Waals surface area contributed by atoms with Gasteiger partial charge in [-0.2, -0.15) is 0 Å². The summed E-state index contributed by atoms with van der Waals surface area (Å²) in [6.07, 6.45) is 4.13. The molecule has 2 aliphatic heterocycles. The molecule has 3 amide bonds. The number of urea groups is 1. The van der Waals surface area contributed by atoms with Gasteiger partial charge in [0, 0.05) is 19.0 Å². The maximum atomic E-state index is 13.9. The zero-order valence-electron chi connectivity index (χ0n) is 17.1. The lowest BCUT2D eigenvalue weighted by Gasteiger charge is -2.35. The standard InChI is InChI=1S/C22H27F2N3O3/c1-14-4-8-22(9-5-14)20(29)27(21(30)25-22)13-26-10-6-15(7-11-26)19(28)17-12-16(23)2-3-18(17)24/h2-3,12,14-15H,4-11,13H2,1H3,(H,25,30). The van der Waals surface area contributed by atoms with Crippen LogP contribution in [0.4, 0.5) is 13.6 Å². The number of hydrogen-bond acceptors (Lipinski definition) is 4. The highest BCUT2D eigenvalue weighted by molar-refractivity contribution is 6.07. The van der Waals surface area contributed by atoms with Gasteiger partial charge in [-0.05, 0) is 62.6 Å². The van der Waals surface area contributed by atoms with Gasteiger partial charge in [0.15, 0.2) is 5.78 Å². The molecule has 2 heterocycles. The van der Waals surface area contributed by atoms with E-state index in [2.05, 4.69) is 12.2 Å². The van der Waals surface area contributed by atoms with Crippen LogP contribution in [0.15, 0.2) is 18.2 Å².